The number of amides is 1. The Labute approximate surface area is 208 Å². The zero-order valence-electron chi connectivity index (χ0n) is 22.0. The van der Waals surface area contributed by atoms with Crippen molar-refractivity contribution in [3.63, 3.8) is 0 Å². The van der Waals surface area contributed by atoms with E-state index < -0.39 is 12.0 Å². The molecule has 0 fully saturated rings. The van der Waals surface area contributed by atoms with Crippen molar-refractivity contribution in [1.82, 2.24) is 5.32 Å². The summed E-state index contributed by atoms with van der Waals surface area (Å²) < 4.78 is 0. The molecule has 0 aliphatic heterocycles. The van der Waals surface area contributed by atoms with Crippen LogP contribution in [0.4, 0.5) is 0 Å². The van der Waals surface area contributed by atoms with E-state index in [4.69, 9.17) is 11.5 Å². The van der Waals surface area contributed by atoms with Crippen LogP contribution in [0.1, 0.15) is 142 Å². The lowest BCUT2D eigenvalue weighted by atomic mass is 10.0. The maximum Gasteiger partial charge on any atom is 0.326 e. The van der Waals surface area contributed by atoms with Crippen molar-refractivity contribution in [3.05, 3.63) is 0 Å². The van der Waals surface area contributed by atoms with Crippen LogP contribution in [-0.4, -0.2) is 35.5 Å². The largest absolute Gasteiger partial charge is 0.480 e. The summed E-state index contributed by atoms with van der Waals surface area (Å²) in [4.78, 5) is 27.0. The van der Waals surface area contributed by atoms with Gasteiger partial charge < -0.3 is 21.9 Å². The van der Waals surface area contributed by atoms with Crippen molar-refractivity contribution in [2.24, 2.45) is 16.5 Å². The smallest absolute Gasteiger partial charge is 0.326 e. The SMILES string of the molecule is CCCCCCCCCCCCCCCCCCCCCC(=O)N[C@@H](CCN=C(N)N)C(=O)O. The molecular formula is C27H54N4O3. The summed E-state index contributed by atoms with van der Waals surface area (Å²) in [5, 5.41) is 11.8. The minimum Gasteiger partial charge on any atom is -0.480 e. The molecular weight excluding hydrogens is 428 g/mol. The van der Waals surface area contributed by atoms with E-state index in [2.05, 4.69) is 17.2 Å². The van der Waals surface area contributed by atoms with Gasteiger partial charge >= 0.3 is 5.97 Å². The number of nitrogens with two attached hydrogens (primary N) is 2. The van der Waals surface area contributed by atoms with Gasteiger partial charge in [0, 0.05) is 13.0 Å². The van der Waals surface area contributed by atoms with Crippen molar-refractivity contribution in [2.75, 3.05) is 6.54 Å². The van der Waals surface area contributed by atoms with Crippen molar-refractivity contribution in [3.8, 4) is 0 Å². The molecule has 1 atom stereocenters. The van der Waals surface area contributed by atoms with Gasteiger partial charge in [-0.2, -0.15) is 0 Å². The predicted octanol–water partition coefficient (Wildman–Crippen LogP) is 6.04. The van der Waals surface area contributed by atoms with Crippen molar-refractivity contribution in [2.45, 2.75) is 148 Å². The van der Waals surface area contributed by atoms with Gasteiger partial charge in [0.15, 0.2) is 5.96 Å². The van der Waals surface area contributed by atoms with Gasteiger partial charge in [0.25, 0.3) is 0 Å². The van der Waals surface area contributed by atoms with Gasteiger partial charge in [-0.05, 0) is 12.8 Å². The Morgan fingerprint density at radius 1 is 0.706 bits per heavy atom. The van der Waals surface area contributed by atoms with Crippen LogP contribution in [-0.2, 0) is 9.59 Å². The van der Waals surface area contributed by atoms with Crippen molar-refractivity contribution >= 4 is 17.8 Å². The van der Waals surface area contributed by atoms with E-state index in [1.165, 1.54) is 103 Å². The number of carboxylic acids is 1. The standard InChI is InChI=1S/C27H54N4O3/c1-2-3-4-5-6-7-8-9-10-11-12-13-14-15-16-17-18-19-20-21-25(32)31-24(26(33)34)22-23-30-27(28)29/h24H,2-23H2,1H3,(H,31,32)(H,33,34)(H4,28,29,30)/t24-/m0/s1. The third-order valence-electron chi connectivity index (χ3n) is 6.35. The van der Waals surface area contributed by atoms with Gasteiger partial charge in [0.1, 0.15) is 6.04 Å². The maximum absolute atomic E-state index is 12.0. The molecule has 0 unspecified atom stereocenters. The summed E-state index contributed by atoms with van der Waals surface area (Å²) in [5.74, 6) is -1.36. The maximum atomic E-state index is 12.0. The third-order valence-corrected chi connectivity index (χ3v) is 6.35. The van der Waals surface area contributed by atoms with E-state index >= 15 is 0 Å². The molecule has 0 rings (SSSR count). The quantitative estimate of drug-likeness (QED) is 0.0715. The van der Waals surface area contributed by atoms with Crippen molar-refractivity contribution in [1.29, 1.82) is 0 Å². The lowest BCUT2D eigenvalue weighted by Gasteiger charge is -2.13. The van der Waals surface area contributed by atoms with Crippen LogP contribution < -0.4 is 16.8 Å². The first-order chi connectivity index (χ1) is 16.5. The summed E-state index contributed by atoms with van der Waals surface area (Å²) in [6.07, 6.45) is 25.5. The predicted molar refractivity (Wildman–Crippen MR) is 143 cm³/mol. The van der Waals surface area contributed by atoms with Crippen LogP contribution in [0.3, 0.4) is 0 Å². The second-order valence-corrected chi connectivity index (χ2v) is 9.67. The van der Waals surface area contributed by atoms with E-state index in [0.717, 1.165) is 19.3 Å². The molecule has 0 aromatic heterocycles. The number of rotatable bonds is 25. The average Bonchev–Trinajstić information content (AvgIpc) is 2.79. The lowest BCUT2D eigenvalue weighted by molar-refractivity contribution is -0.142. The van der Waals surface area contributed by atoms with Crippen LogP contribution in [0.15, 0.2) is 4.99 Å². The summed E-state index contributed by atoms with van der Waals surface area (Å²) in [5.41, 5.74) is 10.5. The zero-order valence-corrected chi connectivity index (χ0v) is 22.0. The van der Waals surface area contributed by atoms with E-state index in [-0.39, 0.29) is 24.8 Å². The molecule has 0 aliphatic carbocycles. The topological polar surface area (TPSA) is 131 Å². The molecule has 0 aliphatic rings. The van der Waals surface area contributed by atoms with Crippen LogP contribution in [0.5, 0.6) is 0 Å². The van der Waals surface area contributed by atoms with E-state index in [1.54, 1.807) is 0 Å². The van der Waals surface area contributed by atoms with Crippen LogP contribution in [0.25, 0.3) is 0 Å². The Hall–Kier alpha value is -1.79. The van der Waals surface area contributed by atoms with Crippen molar-refractivity contribution < 1.29 is 14.7 Å². The number of aliphatic carboxylic acids is 1. The third kappa shape index (κ3) is 23.4. The van der Waals surface area contributed by atoms with Gasteiger partial charge in [-0.3, -0.25) is 9.79 Å². The number of nitrogens with one attached hydrogen (secondary N) is 1. The first-order valence-electron chi connectivity index (χ1n) is 14.0. The fourth-order valence-electron chi connectivity index (χ4n) is 4.21. The Bertz CT molecular complexity index is 522. The number of hydrogen-bond acceptors (Lipinski definition) is 3. The highest BCUT2D eigenvalue weighted by Gasteiger charge is 2.19. The normalized spacial score (nSPS) is 11.8. The molecule has 200 valence electrons. The zero-order chi connectivity index (χ0) is 25.3. The number of unbranched alkanes of at least 4 members (excludes halogenated alkanes) is 18. The lowest BCUT2D eigenvalue weighted by Crippen LogP contribution is -2.41. The van der Waals surface area contributed by atoms with Gasteiger partial charge in [-0.1, -0.05) is 122 Å². The monoisotopic (exact) mass is 482 g/mol. The first-order valence-corrected chi connectivity index (χ1v) is 14.0. The molecule has 1 amide bonds. The Morgan fingerprint density at radius 2 is 1.09 bits per heavy atom. The van der Waals surface area contributed by atoms with Crippen LogP contribution >= 0.6 is 0 Å². The molecule has 0 radical (unpaired) electrons. The van der Waals surface area contributed by atoms with E-state index in [0.29, 0.717) is 6.42 Å². The number of carbonyl (C=O) groups is 2. The summed E-state index contributed by atoms with van der Waals surface area (Å²) in [6.45, 7) is 2.45. The summed E-state index contributed by atoms with van der Waals surface area (Å²) >= 11 is 0. The Morgan fingerprint density at radius 3 is 1.44 bits per heavy atom. The van der Waals surface area contributed by atoms with Gasteiger partial charge in [-0.25, -0.2) is 4.79 Å². The molecule has 7 heteroatoms. The highest BCUT2D eigenvalue weighted by molar-refractivity contribution is 5.83. The highest BCUT2D eigenvalue weighted by Crippen LogP contribution is 2.14. The molecule has 0 saturated carbocycles. The molecule has 0 bridgehead atoms. The van der Waals surface area contributed by atoms with Crippen LogP contribution in [0, 0.1) is 0 Å². The molecule has 7 nitrogen and oxygen atoms in total. The summed E-state index contributed by atoms with van der Waals surface area (Å²) in [7, 11) is 0. The number of carbonyl (C=O) groups excluding carboxylic acids is 1. The molecule has 34 heavy (non-hydrogen) atoms. The number of aliphatic imine (C=N–C) groups is 1. The Kier molecular flexibility index (Phi) is 23.1. The van der Waals surface area contributed by atoms with E-state index in [1.807, 2.05) is 0 Å². The fourth-order valence-corrected chi connectivity index (χ4v) is 4.21. The highest BCUT2D eigenvalue weighted by atomic mass is 16.4. The number of hydrogen-bond donors (Lipinski definition) is 4. The first kappa shape index (κ1) is 32.2. The summed E-state index contributed by atoms with van der Waals surface area (Å²) in [6, 6.07) is -0.948. The van der Waals surface area contributed by atoms with E-state index in [9.17, 15) is 14.7 Å². The number of guanidine groups is 1. The molecule has 0 aromatic carbocycles. The molecule has 0 spiro atoms. The molecule has 0 aromatic rings. The van der Waals surface area contributed by atoms with Gasteiger partial charge in [-0.15, -0.1) is 0 Å². The minimum atomic E-state index is -1.06. The second kappa shape index (κ2) is 24.3. The average molecular weight is 483 g/mol. The second-order valence-electron chi connectivity index (χ2n) is 9.67. The molecule has 0 saturated heterocycles. The molecule has 0 heterocycles. The minimum absolute atomic E-state index is 0.0791. The van der Waals surface area contributed by atoms with Crippen LogP contribution in [0.2, 0.25) is 0 Å². The fraction of sp³-hybridized carbons (Fsp3) is 0.889. The number of nitrogens with zero attached hydrogens (tertiary/aromatic N) is 1. The number of carboxylic acid groups (broad SMARTS) is 1. The molecule has 6 N–H and O–H groups in total. The van der Waals surface area contributed by atoms with Gasteiger partial charge in [0.05, 0.1) is 0 Å². The van der Waals surface area contributed by atoms with Gasteiger partial charge in [0.2, 0.25) is 5.91 Å². The Balaban J connectivity index is 3.41.